The summed E-state index contributed by atoms with van der Waals surface area (Å²) in [5.41, 5.74) is 1.28. The number of carbonyl (C=O) groups is 1. The van der Waals surface area contributed by atoms with Gasteiger partial charge < -0.3 is 14.7 Å². The molecule has 2 aliphatic carbocycles. The Hall–Kier alpha value is -0.910. The number of nitrogens with zero attached hydrogens (tertiary/aromatic N) is 1. The van der Waals surface area contributed by atoms with Crippen LogP contribution < -0.4 is 0 Å². The molecule has 2 heterocycles. The summed E-state index contributed by atoms with van der Waals surface area (Å²) in [5, 5.41) is 10.3. The predicted octanol–water partition coefficient (Wildman–Crippen LogP) is 2.63. The number of hydrogen-bond acceptors (Lipinski definition) is 4. The summed E-state index contributed by atoms with van der Waals surface area (Å²) in [4.78, 5) is 17.0. The zero-order valence-electron chi connectivity index (χ0n) is 13.7. The summed E-state index contributed by atoms with van der Waals surface area (Å²) in [6.07, 6.45) is 5.87. The van der Waals surface area contributed by atoms with Gasteiger partial charge in [-0.25, -0.2) is 0 Å². The highest BCUT2D eigenvalue weighted by atomic mass is 32.1. The second-order valence-electron chi connectivity index (χ2n) is 7.13. The molecule has 4 nitrogen and oxygen atoms in total. The molecule has 1 amide bonds. The Kier molecular flexibility index (Phi) is 3.98. The van der Waals surface area contributed by atoms with Crippen molar-refractivity contribution in [3.05, 3.63) is 21.4 Å². The number of likely N-dealkylation sites (tertiary alicyclic amines) is 1. The Bertz CT molecular complexity index is 580. The highest BCUT2D eigenvalue weighted by Gasteiger charge is 2.56. The molecule has 0 aromatic carbocycles. The Balaban J connectivity index is 1.42. The van der Waals surface area contributed by atoms with Crippen molar-refractivity contribution in [2.75, 3.05) is 19.7 Å². The summed E-state index contributed by atoms with van der Waals surface area (Å²) in [5.74, 6) is 0.182. The Morgan fingerprint density at radius 1 is 1.43 bits per heavy atom. The molecule has 2 atom stereocenters. The highest BCUT2D eigenvalue weighted by molar-refractivity contribution is 7.14. The van der Waals surface area contributed by atoms with Crippen LogP contribution in [0.25, 0.3) is 0 Å². The lowest BCUT2D eigenvalue weighted by molar-refractivity contribution is -0.207. The fourth-order valence-electron chi connectivity index (χ4n) is 4.53. The molecule has 1 aromatic rings. The molecular weight excluding hydrogens is 310 g/mol. The van der Waals surface area contributed by atoms with Crippen molar-refractivity contribution in [3.63, 3.8) is 0 Å². The van der Waals surface area contributed by atoms with E-state index in [0.29, 0.717) is 6.61 Å². The molecule has 126 valence electrons. The van der Waals surface area contributed by atoms with Crippen LogP contribution in [0.2, 0.25) is 0 Å². The Morgan fingerprint density at radius 3 is 2.87 bits per heavy atom. The van der Waals surface area contributed by atoms with Crippen molar-refractivity contribution in [1.29, 1.82) is 0 Å². The molecule has 1 N–H and O–H groups in total. The zero-order valence-corrected chi connectivity index (χ0v) is 14.5. The number of fused-ring (bicyclic) bond motifs is 1. The van der Waals surface area contributed by atoms with Crippen molar-refractivity contribution >= 4 is 17.2 Å². The van der Waals surface area contributed by atoms with Crippen molar-refractivity contribution in [2.45, 2.75) is 57.7 Å². The highest BCUT2D eigenvalue weighted by Crippen LogP contribution is 2.51. The van der Waals surface area contributed by atoms with Gasteiger partial charge in [-0.2, -0.15) is 0 Å². The fraction of sp³-hybridized carbons (Fsp3) is 0.722. The molecule has 23 heavy (non-hydrogen) atoms. The molecule has 4 rings (SSSR count). The first-order chi connectivity index (χ1) is 11.1. The first-order valence-electron chi connectivity index (χ1n) is 8.84. The van der Waals surface area contributed by atoms with Gasteiger partial charge in [0.05, 0.1) is 17.1 Å². The molecular formula is C18H25NO3S. The van der Waals surface area contributed by atoms with Crippen molar-refractivity contribution < 1.29 is 14.6 Å². The number of aryl methyl sites for hydroxylation is 2. The van der Waals surface area contributed by atoms with Crippen LogP contribution in [0.3, 0.4) is 0 Å². The van der Waals surface area contributed by atoms with E-state index in [0.717, 1.165) is 50.1 Å². The van der Waals surface area contributed by atoms with E-state index in [4.69, 9.17) is 4.74 Å². The molecule has 0 bridgehead atoms. The van der Waals surface area contributed by atoms with Gasteiger partial charge in [0.1, 0.15) is 0 Å². The van der Waals surface area contributed by atoms with Crippen LogP contribution in [-0.4, -0.2) is 47.8 Å². The first-order valence-corrected chi connectivity index (χ1v) is 9.66. The third kappa shape index (κ3) is 2.44. The summed E-state index contributed by atoms with van der Waals surface area (Å²) in [7, 11) is 0. The number of aliphatic hydroxyl groups is 1. The van der Waals surface area contributed by atoms with E-state index in [9.17, 15) is 9.90 Å². The van der Waals surface area contributed by atoms with E-state index < -0.39 is 0 Å². The summed E-state index contributed by atoms with van der Waals surface area (Å²) in [6.45, 7) is 4.18. The lowest BCUT2D eigenvalue weighted by Crippen LogP contribution is -2.62. The van der Waals surface area contributed by atoms with Crippen molar-refractivity contribution in [3.8, 4) is 0 Å². The molecule has 0 unspecified atom stereocenters. The van der Waals surface area contributed by atoms with Crippen LogP contribution >= 0.6 is 11.3 Å². The second kappa shape index (κ2) is 5.87. The van der Waals surface area contributed by atoms with Gasteiger partial charge in [0.15, 0.2) is 0 Å². The summed E-state index contributed by atoms with van der Waals surface area (Å²) in [6, 6.07) is 2.11. The number of amides is 1. The van der Waals surface area contributed by atoms with Crippen LogP contribution in [0.1, 0.15) is 52.7 Å². The lowest BCUT2D eigenvalue weighted by Gasteiger charge is -2.56. The van der Waals surface area contributed by atoms with Gasteiger partial charge in [-0.15, -0.1) is 11.3 Å². The van der Waals surface area contributed by atoms with Gasteiger partial charge in [0.2, 0.25) is 0 Å². The smallest absolute Gasteiger partial charge is 0.263 e. The minimum atomic E-state index is -0.262. The number of thiophene rings is 1. The molecule has 1 saturated heterocycles. The average Bonchev–Trinajstić information content (AvgIpc) is 3.16. The van der Waals surface area contributed by atoms with E-state index in [1.165, 1.54) is 16.9 Å². The number of ether oxygens (including phenoxy) is 1. The van der Waals surface area contributed by atoms with E-state index >= 15 is 0 Å². The Labute approximate surface area is 141 Å². The van der Waals surface area contributed by atoms with Crippen molar-refractivity contribution in [2.24, 2.45) is 5.41 Å². The number of hydrogen-bond donors (Lipinski definition) is 1. The minimum absolute atomic E-state index is 0.107. The molecule has 5 heteroatoms. The van der Waals surface area contributed by atoms with E-state index in [1.54, 1.807) is 11.3 Å². The third-order valence-corrected chi connectivity index (χ3v) is 7.27. The van der Waals surface area contributed by atoms with Crippen LogP contribution in [0, 0.1) is 5.41 Å². The van der Waals surface area contributed by atoms with Crippen LogP contribution in [0.4, 0.5) is 0 Å². The van der Waals surface area contributed by atoms with E-state index in [1.807, 2.05) is 11.8 Å². The standard InChI is InChI=1S/C18H25NO3S/c1-2-22-16-11-15(20)18(16)6-8-19(9-7-18)17(21)14-10-12-4-3-5-13(12)23-14/h10,15-16,20H,2-9,11H2,1H3/t15-,16-/m0/s1. The van der Waals surface area contributed by atoms with Crippen LogP contribution in [0.5, 0.6) is 0 Å². The van der Waals surface area contributed by atoms with Gasteiger partial charge in [0.25, 0.3) is 5.91 Å². The van der Waals surface area contributed by atoms with Crippen molar-refractivity contribution in [1.82, 2.24) is 4.90 Å². The number of rotatable bonds is 3. The van der Waals surface area contributed by atoms with Crippen LogP contribution in [0.15, 0.2) is 6.07 Å². The molecule has 1 saturated carbocycles. The van der Waals surface area contributed by atoms with Gasteiger partial charge in [-0.3, -0.25) is 4.79 Å². The van der Waals surface area contributed by atoms with Crippen LogP contribution in [-0.2, 0) is 17.6 Å². The SMILES string of the molecule is CCO[C@H]1C[C@H](O)C12CCN(C(=O)c1cc3c(s1)CCC3)CC2. The molecule has 0 radical (unpaired) electrons. The molecule has 2 fully saturated rings. The maximum Gasteiger partial charge on any atom is 0.263 e. The normalized spacial score (nSPS) is 28.7. The quantitative estimate of drug-likeness (QED) is 0.924. The number of aliphatic hydroxyl groups excluding tert-OH is 1. The second-order valence-corrected chi connectivity index (χ2v) is 8.27. The first kappa shape index (κ1) is 15.6. The lowest BCUT2D eigenvalue weighted by atomic mass is 9.58. The van der Waals surface area contributed by atoms with E-state index in [2.05, 4.69) is 6.07 Å². The predicted molar refractivity (Wildman–Crippen MR) is 90.0 cm³/mol. The number of carbonyl (C=O) groups excluding carboxylic acids is 1. The Morgan fingerprint density at radius 2 is 2.22 bits per heavy atom. The average molecular weight is 335 g/mol. The topological polar surface area (TPSA) is 49.8 Å². The third-order valence-electron chi connectivity index (χ3n) is 6.05. The van der Waals surface area contributed by atoms with Gasteiger partial charge in [0, 0.05) is 36.4 Å². The van der Waals surface area contributed by atoms with Gasteiger partial charge in [-0.05, 0) is 50.7 Å². The summed E-state index contributed by atoms with van der Waals surface area (Å²) < 4.78 is 5.80. The molecule has 3 aliphatic rings. The van der Waals surface area contributed by atoms with Gasteiger partial charge >= 0.3 is 0 Å². The minimum Gasteiger partial charge on any atom is -0.392 e. The molecule has 1 aliphatic heterocycles. The number of piperidine rings is 1. The maximum absolute atomic E-state index is 12.8. The summed E-state index contributed by atoms with van der Waals surface area (Å²) >= 11 is 1.69. The monoisotopic (exact) mass is 335 g/mol. The van der Waals surface area contributed by atoms with E-state index in [-0.39, 0.29) is 23.5 Å². The fourth-order valence-corrected chi connectivity index (χ4v) is 5.75. The molecule has 1 spiro atoms. The molecule has 1 aromatic heterocycles. The maximum atomic E-state index is 12.8. The zero-order chi connectivity index (χ0) is 16.0. The largest absolute Gasteiger partial charge is 0.392 e. The van der Waals surface area contributed by atoms with Gasteiger partial charge in [-0.1, -0.05) is 0 Å².